The molecule has 0 aliphatic heterocycles. The van der Waals surface area contributed by atoms with Gasteiger partial charge in [0, 0.05) is 13.5 Å². The maximum atomic E-state index is 11.0. The fourth-order valence-electron chi connectivity index (χ4n) is 1.27. The average Bonchev–Trinajstić information content (AvgIpc) is 2.01. The first kappa shape index (κ1) is 13.4. The van der Waals surface area contributed by atoms with Gasteiger partial charge in [0.2, 0.25) is 5.91 Å². The molecule has 0 unspecified atom stereocenters. The lowest BCUT2D eigenvalue weighted by atomic mass is 9.89. The average molecular weight is 201 g/mol. The van der Waals surface area contributed by atoms with E-state index >= 15 is 0 Å². The molecule has 0 radical (unpaired) electrons. The Balaban J connectivity index is 3.35. The summed E-state index contributed by atoms with van der Waals surface area (Å²) in [5, 5.41) is 9.46. The van der Waals surface area contributed by atoms with E-state index in [2.05, 4.69) is 20.8 Å². The highest BCUT2D eigenvalue weighted by atomic mass is 16.5. The third-order valence-corrected chi connectivity index (χ3v) is 2.18. The summed E-state index contributed by atoms with van der Waals surface area (Å²) in [5.41, 5.74) is 0.387. The van der Waals surface area contributed by atoms with Gasteiger partial charge in [0.05, 0.1) is 0 Å². The second-order valence-corrected chi connectivity index (χ2v) is 5.04. The molecule has 0 fully saturated rings. The SMILES string of the molecule is CN(O)C(=O)CCCCCC(C)(C)C. The van der Waals surface area contributed by atoms with E-state index in [-0.39, 0.29) is 5.91 Å². The topological polar surface area (TPSA) is 40.5 Å². The Morgan fingerprint density at radius 1 is 1.21 bits per heavy atom. The van der Waals surface area contributed by atoms with Crippen LogP contribution in [0.3, 0.4) is 0 Å². The van der Waals surface area contributed by atoms with Crippen LogP contribution in [0.1, 0.15) is 52.9 Å². The molecule has 0 rings (SSSR count). The van der Waals surface area contributed by atoms with Crippen molar-refractivity contribution in [1.29, 1.82) is 0 Å². The van der Waals surface area contributed by atoms with Crippen molar-refractivity contribution >= 4 is 5.91 Å². The Morgan fingerprint density at radius 2 is 1.79 bits per heavy atom. The number of amides is 1. The van der Waals surface area contributed by atoms with Crippen molar-refractivity contribution in [1.82, 2.24) is 5.06 Å². The van der Waals surface area contributed by atoms with Crippen molar-refractivity contribution < 1.29 is 10.0 Å². The molecule has 0 aromatic rings. The van der Waals surface area contributed by atoms with Gasteiger partial charge in [0.15, 0.2) is 0 Å². The van der Waals surface area contributed by atoms with Gasteiger partial charge in [0.25, 0.3) is 0 Å². The molecule has 0 aliphatic carbocycles. The van der Waals surface area contributed by atoms with Crippen LogP contribution in [0.15, 0.2) is 0 Å². The van der Waals surface area contributed by atoms with Crippen LogP contribution in [0.2, 0.25) is 0 Å². The van der Waals surface area contributed by atoms with Crippen molar-refractivity contribution in [2.75, 3.05) is 7.05 Å². The van der Waals surface area contributed by atoms with Gasteiger partial charge in [-0.1, -0.05) is 33.6 Å². The first-order valence-electron chi connectivity index (χ1n) is 5.28. The smallest absolute Gasteiger partial charge is 0.245 e. The fraction of sp³-hybridized carbons (Fsp3) is 0.909. The minimum absolute atomic E-state index is 0.194. The van der Waals surface area contributed by atoms with Crippen LogP contribution < -0.4 is 0 Å². The molecule has 84 valence electrons. The summed E-state index contributed by atoms with van der Waals surface area (Å²) < 4.78 is 0. The Labute approximate surface area is 87.1 Å². The van der Waals surface area contributed by atoms with Crippen molar-refractivity contribution in [2.45, 2.75) is 52.9 Å². The third kappa shape index (κ3) is 8.05. The number of unbranched alkanes of at least 4 members (excludes halogenated alkanes) is 2. The second-order valence-electron chi connectivity index (χ2n) is 5.04. The standard InChI is InChI=1S/C11H23NO2/c1-11(2,3)9-7-5-6-8-10(13)12(4)14/h14H,5-9H2,1-4H3. The van der Waals surface area contributed by atoms with Crippen LogP contribution in [0.4, 0.5) is 0 Å². The van der Waals surface area contributed by atoms with E-state index < -0.39 is 0 Å². The predicted molar refractivity (Wildman–Crippen MR) is 57.1 cm³/mol. The lowest BCUT2D eigenvalue weighted by molar-refractivity contribution is -0.159. The Morgan fingerprint density at radius 3 is 2.21 bits per heavy atom. The number of hydrogen-bond donors (Lipinski definition) is 1. The van der Waals surface area contributed by atoms with E-state index in [4.69, 9.17) is 5.21 Å². The van der Waals surface area contributed by atoms with Gasteiger partial charge in [-0.15, -0.1) is 0 Å². The molecule has 14 heavy (non-hydrogen) atoms. The lowest BCUT2D eigenvalue weighted by Crippen LogP contribution is -2.21. The van der Waals surface area contributed by atoms with E-state index in [1.165, 1.54) is 13.5 Å². The highest BCUT2D eigenvalue weighted by Crippen LogP contribution is 2.22. The number of nitrogens with zero attached hydrogens (tertiary/aromatic N) is 1. The van der Waals surface area contributed by atoms with Crippen LogP contribution in [0.25, 0.3) is 0 Å². The van der Waals surface area contributed by atoms with Crippen LogP contribution >= 0.6 is 0 Å². The number of hydrogen-bond acceptors (Lipinski definition) is 2. The quantitative estimate of drug-likeness (QED) is 0.422. The molecule has 0 aliphatic rings. The van der Waals surface area contributed by atoms with E-state index in [0.29, 0.717) is 16.9 Å². The predicted octanol–water partition coefficient (Wildman–Crippen LogP) is 2.83. The molecule has 3 heteroatoms. The summed E-state index contributed by atoms with van der Waals surface area (Å²) in [6.07, 6.45) is 4.75. The molecule has 0 spiro atoms. The summed E-state index contributed by atoms with van der Waals surface area (Å²) in [6.45, 7) is 6.67. The van der Waals surface area contributed by atoms with E-state index in [0.717, 1.165) is 19.3 Å². The lowest BCUT2D eigenvalue weighted by Gasteiger charge is -2.17. The Kier molecular flexibility index (Phi) is 5.77. The van der Waals surface area contributed by atoms with Crippen LogP contribution in [-0.2, 0) is 4.79 Å². The maximum Gasteiger partial charge on any atom is 0.245 e. The molecule has 0 bridgehead atoms. The molecule has 0 heterocycles. The molecular weight excluding hydrogens is 178 g/mol. The van der Waals surface area contributed by atoms with Crippen molar-refractivity contribution in [3.05, 3.63) is 0 Å². The molecule has 1 N–H and O–H groups in total. The Bertz CT molecular complexity index is 171. The number of carbonyl (C=O) groups excluding carboxylic acids is 1. The van der Waals surface area contributed by atoms with Gasteiger partial charge in [-0.3, -0.25) is 10.0 Å². The van der Waals surface area contributed by atoms with Crippen molar-refractivity contribution in [2.24, 2.45) is 5.41 Å². The molecule has 0 saturated carbocycles. The van der Waals surface area contributed by atoms with E-state index in [9.17, 15) is 4.79 Å². The zero-order valence-electron chi connectivity index (χ0n) is 9.84. The van der Waals surface area contributed by atoms with Gasteiger partial charge in [0.1, 0.15) is 0 Å². The zero-order valence-corrected chi connectivity index (χ0v) is 9.84. The van der Waals surface area contributed by atoms with Gasteiger partial charge in [-0.25, -0.2) is 5.06 Å². The van der Waals surface area contributed by atoms with Gasteiger partial charge < -0.3 is 0 Å². The molecule has 0 aromatic carbocycles. The number of carbonyl (C=O) groups is 1. The zero-order chi connectivity index (χ0) is 11.2. The Hall–Kier alpha value is -0.570. The summed E-state index contributed by atoms with van der Waals surface area (Å²) in [6, 6.07) is 0. The molecular formula is C11H23NO2. The summed E-state index contributed by atoms with van der Waals surface area (Å²) in [7, 11) is 1.37. The van der Waals surface area contributed by atoms with Gasteiger partial charge in [-0.2, -0.15) is 0 Å². The molecule has 0 atom stereocenters. The minimum atomic E-state index is -0.194. The largest absolute Gasteiger partial charge is 0.286 e. The van der Waals surface area contributed by atoms with Crippen molar-refractivity contribution in [3.8, 4) is 0 Å². The van der Waals surface area contributed by atoms with E-state index in [1.807, 2.05) is 0 Å². The van der Waals surface area contributed by atoms with Crippen LogP contribution in [0, 0.1) is 5.41 Å². The van der Waals surface area contributed by atoms with E-state index in [1.54, 1.807) is 0 Å². The van der Waals surface area contributed by atoms with Gasteiger partial charge >= 0.3 is 0 Å². The second kappa shape index (κ2) is 6.02. The van der Waals surface area contributed by atoms with Crippen LogP contribution in [0.5, 0.6) is 0 Å². The molecule has 0 aromatic heterocycles. The first-order chi connectivity index (χ1) is 6.33. The molecule has 1 amide bonds. The fourth-order valence-corrected chi connectivity index (χ4v) is 1.27. The van der Waals surface area contributed by atoms with Gasteiger partial charge in [-0.05, 0) is 18.3 Å². The van der Waals surface area contributed by atoms with Crippen molar-refractivity contribution in [3.63, 3.8) is 0 Å². The highest BCUT2D eigenvalue weighted by molar-refractivity contribution is 5.74. The van der Waals surface area contributed by atoms with Crippen LogP contribution in [-0.4, -0.2) is 23.2 Å². The molecule has 3 nitrogen and oxygen atoms in total. The normalized spacial score (nSPS) is 11.5. The summed E-state index contributed by atoms with van der Waals surface area (Å²) >= 11 is 0. The maximum absolute atomic E-state index is 11.0. The minimum Gasteiger partial charge on any atom is -0.286 e. The number of rotatable bonds is 5. The monoisotopic (exact) mass is 201 g/mol. The third-order valence-electron chi connectivity index (χ3n) is 2.18. The summed E-state index contributed by atoms with van der Waals surface area (Å²) in [4.78, 5) is 11.0. The first-order valence-corrected chi connectivity index (χ1v) is 5.28. The number of hydroxylamine groups is 2. The highest BCUT2D eigenvalue weighted by Gasteiger charge is 2.09. The summed E-state index contributed by atoms with van der Waals surface area (Å²) in [5.74, 6) is -0.194. The molecule has 0 saturated heterocycles.